The van der Waals surface area contributed by atoms with Crippen LogP contribution in [0.3, 0.4) is 0 Å². The first kappa shape index (κ1) is 18.0. The number of carbonyl (C=O) groups excluding carboxylic acids is 2. The molecule has 8 nitrogen and oxygen atoms in total. The minimum absolute atomic E-state index is 0.0117. The fraction of sp³-hybridized carbons (Fsp3) is 0.471. The quantitative estimate of drug-likeness (QED) is 0.861. The van der Waals surface area contributed by atoms with Gasteiger partial charge in [-0.1, -0.05) is 5.21 Å². The number of aromatic nitrogens is 4. The first-order valence-corrected chi connectivity index (χ1v) is 8.50. The lowest BCUT2D eigenvalue weighted by molar-refractivity contribution is 0.0713. The van der Waals surface area contributed by atoms with Crippen molar-refractivity contribution in [3.63, 3.8) is 0 Å². The van der Waals surface area contributed by atoms with Gasteiger partial charge in [-0.3, -0.25) is 14.6 Å². The highest BCUT2D eigenvalue weighted by atomic mass is 19.1. The fourth-order valence-electron chi connectivity index (χ4n) is 2.98. The average Bonchev–Trinajstić information content (AvgIpc) is 3.21. The van der Waals surface area contributed by atoms with Crippen molar-refractivity contribution in [2.45, 2.75) is 45.1 Å². The van der Waals surface area contributed by atoms with Crippen molar-refractivity contribution < 1.29 is 14.0 Å². The minimum atomic E-state index is -1.09. The molecule has 2 aromatic rings. The van der Waals surface area contributed by atoms with Crippen LogP contribution >= 0.6 is 0 Å². The number of alkyl halides is 1. The normalized spacial score (nSPS) is 19.8. The van der Waals surface area contributed by atoms with Crippen LogP contribution in [0.4, 0.5) is 4.39 Å². The number of carbonyl (C=O) groups is 2. The summed E-state index contributed by atoms with van der Waals surface area (Å²) in [5.41, 5.74) is 0.612. The average molecular weight is 360 g/mol. The van der Waals surface area contributed by atoms with Crippen LogP contribution < -0.4 is 5.32 Å². The maximum Gasteiger partial charge on any atom is 0.273 e. The van der Waals surface area contributed by atoms with Crippen molar-refractivity contribution in [3.8, 4) is 0 Å². The summed E-state index contributed by atoms with van der Waals surface area (Å²) in [6.07, 6.45) is 3.69. The Morgan fingerprint density at radius 2 is 2.23 bits per heavy atom. The summed E-state index contributed by atoms with van der Waals surface area (Å²) in [7, 11) is 0. The Morgan fingerprint density at radius 1 is 1.42 bits per heavy atom. The van der Waals surface area contributed by atoms with Crippen LogP contribution in [0.15, 0.2) is 30.7 Å². The molecule has 1 aliphatic heterocycles. The SMILES string of the molecule is CC(C)NC(=O)c1cn(CC2CC(F)CN2C(=O)c2cccnc2)nn1. The number of hydrogen-bond donors (Lipinski definition) is 1. The highest BCUT2D eigenvalue weighted by Gasteiger charge is 2.36. The van der Waals surface area contributed by atoms with Gasteiger partial charge in [0.15, 0.2) is 5.69 Å². The van der Waals surface area contributed by atoms with Crippen LogP contribution in [-0.2, 0) is 6.54 Å². The summed E-state index contributed by atoms with van der Waals surface area (Å²) in [4.78, 5) is 30.0. The fourth-order valence-corrected chi connectivity index (χ4v) is 2.98. The van der Waals surface area contributed by atoms with Gasteiger partial charge in [0.1, 0.15) is 6.17 Å². The van der Waals surface area contributed by atoms with Gasteiger partial charge in [0, 0.05) is 24.9 Å². The number of nitrogens with zero attached hydrogens (tertiary/aromatic N) is 5. The van der Waals surface area contributed by atoms with Gasteiger partial charge in [-0.2, -0.15) is 0 Å². The minimum Gasteiger partial charge on any atom is -0.348 e. The predicted molar refractivity (Wildman–Crippen MR) is 91.2 cm³/mol. The van der Waals surface area contributed by atoms with Gasteiger partial charge < -0.3 is 10.2 Å². The van der Waals surface area contributed by atoms with Crippen LogP contribution in [0, 0.1) is 0 Å². The number of nitrogens with one attached hydrogen (secondary N) is 1. The zero-order chi connectivity index (χ0) is 18.7. The molecule has 3 rings (SSSR count). The van der Waals surface area contributed by atoms with Gasteiger partial charge >= 0.3 is 0 Å². The van der Waals surface area contributed by atoms with E-state index in [1.807, 2.05) is 13.8 Å². The summed E-state index contributed by atoms with van der Waals surface area (Å²) < 4.78 is 15.4. The largest absolute Gasteiger partial charge is 0.348 e. The van der Waals surface area contributed by atoms with E-state index in [2.05, 4.69) is 20.6 Å². The maximum absolute atomic E-state index is 14.0. The molecule has 0 saturated carbocycles. The van der Waals surface area contributed by atoms with Gasteiger partial charge in [-0.25, -0.2) is 9.07 Å². The second-order valence-corrected chi connectivity index (χ2v) is 6.64. The van der Waals surface area contributed by atoms with Gasteiger partial charge in [-0.15, -0.1) is 5.10 Å². The summed E-state index contributed by atoms with van der Waals surface area (Å²) in [5.74, 6) is -0.578. The molecule has 26 heavy (non-hydrogen) atoms. The molecule has 2 atom stereocenters. The summed E-state index contributed by atoms with van der Waals surface area (Å²) in [5, 5.41) is 10.5. The van der Waals surface area contributed by atoms with E-state index in [0.717, 1.165) is 0 Å². The second kappa shape index (κ2) is 7.59. The number of pyridine rings is 1. The molecule has 2 aromatic heterocycles. The molecule has 1 fully saturated rings. The summed E-state index contributed by atoms with van der Waals surface area (Å²) in [6, 6.07) is 2.95. The molecule has 1 aliphatic rings. The van der Waals surface area contributed by atoms with E-state index in [9.17, 15) is 14.0 Å². The van der Waals surface area contributed by atoms with Crippen LogP contribution in [-0.4, -0.2) is 61.5 Å². The zero-order valence-corrected chi connectivity index (χ0v) is 14.7. The Kier molecular flexibility index (Phi) is 5.24. The van der Waals surface area contributed by atoms with Gasteiger partial charge in [0.2, 0.25) is 0 Å². The number of halogens is 1. The monoisotopic (exact) mass is 360 g/mol. The molecular weight excluding hydrogens is 339 g/mol. The highest BCUT2D eigenvalue weighted by Crippen LogP contribution is 2.23. The summed E-state index contributed by atoms with van der Waals surface area (Å²) >= 11 is 0. The van der Waals surface area contributed by atoms with Crippen molar-refractivity contribution >= 4 is 11.8 Å². The van der Waals surface area contributed by atoms with Crippen LogP contribution in [0.5, 0.6) is 0 Å². The van der Waals surface area contributed by atoms with E-state index in [1.54, 1.807) is 18.3 Å². The van der Waals surface area contributed by atoms with E-state index in [4.69, 9.17) is 0 Å². The van der Waals surface area contributed by atoms with E-state index in [-0.39, 0.29) is 49.1 Å². The van der Waals surface area contributed by atoms with Crippen molar-refractivity contribution in [2.24, 2.45) is 0 Å². The standard InChI is InChI=1S/C17H21FN6O2/c1-11(2)20-16(25)15-10-23(22-21-15)9-14-6-13(18)8-24(14)17(26)12-4-3-5-19-7-12/h3-5,7,10-11,13-14H,6,8-9H2,1-2H3,(H,20,25). The van der Waals surface area contributed by atoms with E-state index in [0.29, 0.717) is 5.56 Å². The molecule has 0 bridgehead atoms. The van der Waals surface area contributed by atoms with Crippen molar-refractivity contribution in [1.82, 2.24) is 30.2 Å². The Bertz CT molecular complexity index is 779. The van der Waals surface area contributed by atoms with E-state index < -0.39 is 6.17 Å². The molecule has 2 amide bonds. The van der Waals surface area contributed by atoms with Gasteiger partial charge in [-0.05, 0) is 26.0 Å². The Morgan fingerprint density at radius 3 is 2.92 bits per heavy atom. The zero-order valence-electron chi connectivity index (χ0n) is 14.7. The Hall–Kier alpha value is -2.84. The van der Waals surface area contributed by atoms with Gasteiger partial charge in [0.25, 0.3) is 11.8 Å². The van der Waals surface area contributed by atoms with Crippen molar-refractivity contribution in [1.29, 1.82) is 0 Å². The van der Waals surface area contributed by atoms with Crippen LogP contribution in [0.25, 0.3) is 0 Å². The third kappa shape index (κ3) is 4.04. The Balaban J connectivity index is 1.71. The maximum atomic E-state index is 14.0. The van der Waals surface area contributed by atoms with Crippen LogP contribution in [0.1, 0.15) is 41.1 Å². The molecule has 1 saturated heterocycles. The topological polar surface area (TPSA) is 93.0 Å². The van der Waals surface area contributed by atoms with Gasteiger partial charge in [0.05, 0.1) is 30.9 Å². The van der Waals surface area contributed by atoms with Crippen molar-refractivity contribution in [2.75, 3.05) is 6.54 Å². The first-order chi connectivity index (χ1) is 12.4. The molecule has 0 aromatic carbocycles. The molecule has 0 radical (unpaired) electrons. The van der Waals surface area contributed by atoms with Crippen LogP contribution in [0.2, 0.25) is 0 Å². The van der Waals surface area contributed by atoms with E-state index in [1.165, 1.54) is 22.0 Å². The summed E-state index contributed by atoms with van der Waals surface area (Å²) in [6.45, 7) is 4.01. The number of hydrogen-bond acceptors (Lipinski definition) is 5. The molecule has 2 unspecified atom stereocenters. The smallest absolute Gasteiger partial charge is 0.273 e. The Labute approximate surface area is 150 Å². The predicted octanol–water partition coefficient (Wildman–Crippen LogP) is 1.06. The molecule has 1 N–H and O–H groups in total. The number of rotatable bonds is 5. The molecule has 0 aliphatic carbocycles. The third-order valence-corrected chi connectivity index (χ3v) is 4.12. The number of likely N-dealkylation sites (tertiary alicyclic amines) is 1. The third-order valence-electron chi connectivity index (χ3n) is 4.12. The van der Waals surface area contributed by atoms with E-state index >= 15 is 0 Å². The second-order valence-electron chi connectivity index (χ2n) is 6.64. The lowest BCUT2D eigenvalue weighted by atomic mass is 10.2. The molecule has 138 valence electrons. The molecular formula is C17H21FN6O2. The molecule has 0 spiro atoms. The lowest BCUT2D eigenvalue weighted by Gasteiger charge is -2.24. The molecule has 3 heterocycles. The number of amides is 2. The lowest BCUT2D eigenvalue weighted by Crippen LogP contribution is -2.38. The first-order valence-electron chi connectivity index (χ1n) is 8.50. The molecule has 9 heteroatoms. The highest BCUT2D eigenvalue weighted by molar-refractivity contribution is 5.94. The van der Waals surface area contributed by atoms with Crippen molar-refractivity contribution in [3.05, 3.63) is 42.0 Å².